The lowest BCUT2D eigenvalue weighted by molar-refractivity contribution is 0.0256. The van der Waals surface area contributed by atoms with Crippen LogP contribution in [0.1, 0.15) is 12.8 Å². The van der Waals surface area contributed by atoms with Crippen LogP contribution in [0.4, 0.5) is 0 Å². The summed E-state index contributed by atoms with van der Waals surface area (Å²) in [4.78, 5) is 0. The molecule has 1 aliphatic rings. The van der Waals surface area contributed by atoms with Crippen molar-refractivity contribution < 1.29 is 9.47 Å². The van der Waals surface area contributed by atoms with Gasteiger partial charge in [-0.05, 0) is 34.1 Å². The van der Waals surface area contributed by atoms with Crippen LogP contribution < -0.4 is 4.74 Å². The topological polar surface area (TPSA) is 18.5 Å². The van der Waals surface area contributed by atoms with Crippen molar-refractivity contribution in [3.8, 4) is 5.75 Å². The molecule has 82 valence electrons. The molecule has 2 nitrogen and oxygen atoms in total. The Balaban J connectivity index is 2.00. The molecule has 1 saturated heterocycles. The van der Waals surface area contributed by atoms with Crippen molar-refractivity contribution in [2.75, 3.05) is 13.2 Å². The zero-order valence-electron chi connectivity index (χ0n) is 8.21. The Morgan fingerprint density at radius 2 is 2.07 bits per heavy atom. The van der Waals surface area contributed by atoms with Crippen LogP contribution in [0.2, 0.25) is 5.02 Å². The fourth-order valence-electron chi connectivity index (χ4n) is 1.54. The lowest BCUT2D eigenvalue weighted by atomic mass is 10.1. The van der Waals surface area contributed by atoms with Crippen molar-refractivity contribution in [1.29, 1.82) is 0 Å². The second-order valence-electron chi connectivity index (χ2n) is 3.51. The summed E-state index contributed by atoms with van der Waals surface area (Å²) >= 11 is 9.33. The molecule has 1 aromatic carbocycles. The second kappa shape index (κ2) is 5.19. The minimum atomic E-state index is 0.260. The first-order valence-corrected chi connectivity index (χ1v) is 6.12. The van der Waals surface area contributed by atoms with Gasteiger partial charge in [0.25, 0.3) is 0 Å². The summed E-state index contributed by atoms with van der Waals surface area (Å²) in [5, 5.41) is 0.680. The minimum absolute atomic E-state index is 0.260. The van der Waals surface area contributed by atoms with Gasteiger partial charge in [-0.2, -0.15) is 0 Å². The van der Waals surface area contributed by atoms with Crippen LogP contribution in [0.25, 0.3) is 0 Å². The Kier molecular flexibility index (Phi) is 3.89. The zero-order chi connectivity index (χ0) is 10.7. The average molecular weight is 292 g/mol. The standard InChI is InChI=1S/C11H12BrClO2/c12-10-2-1-9(7-11(10)13)15-8-3-5-14-6-4-8/h1-2,7-8H,3-6H2. The van der Waals surface area contributed by atoms with Crippen LogP contribution in [0.15, 0.2) is 22.7 Å². The molecule has 0 aliphatic carbocycles. The van der Waals surface area contributed by atoms with Gasteiger partial charge in [0.1, 0.15) is 11.9 Å². The summed E-state index contributed by atoms with van der Waals surface area (Å²) in [5.74, 6) is 0.829. The van der Waals surface area contributed by atoms with E-state index in [9.17, 15) is 0 Å². The molecule has 0 saturated carbocycles. The summed E-state index contributed by atoms with van der Waals surface area (Å²) in [5.41, 5.74) is 0. The highest BCUT2D eigenvalue weighted by atomic mass is 79.9. The first-order chi connectivity index (χ1) is 7.25. The van der Waals surface area contributed by atoms with E-state index in [-0.39, 0.29) is 6.10 Å². The lowest BCUT2D eigenvalue weighted by Gasteiger charge is -2.23. The normalized spacial score (nSPS) is 17.7. The predicted molar refractivity (Wildman–Crippen MR) is 63.6 cm³/mol. The van der Waals surface area contributed by atoms with E-state index in [0.717, 1.165) is 36.3 Å². The molecule has 1 heterocycles. The van der Waals surface area contributed by atoms with Crippen LogP contribution in [0, 0.1) is 0 Å². The van der Waals surface area contributed by atoms with Crippen molar-refractivity contribution >= 4 is 27.5 Å². The van der Waals surface area contributed by atoms with Crippen molar-refractivity contribution in [3.63, 3.8) is 0 Å². The van der Waals surface area contributed by atoms with E-state index >= 15 is 0 Å². The number of hydrogen-bond donors (Lipinski definition) is 0. The lowest BCUT2D eigenvalue weighted by Crippen LogP contribution is -2.25. The fraction of sp³-hybridized carbons (Fsp3) is 0.455. The second-order valence-corrected chi connectivity index (χ2v) is 4.77. The maximum Gasteiger partial charge on any atom is 0.121 e. The third-order valence-corrected chi connectivity index (χ3v) is 3.59. The molecule has 4 heteroatoms. The van der Waals surface area contributed by atoms with E-state index < -0.39 is 0 Å². The third-order valence-electron chi connectivity index (χ3n) is 2.36. The van der Waals surface area contributed by atoms with Gasteiger partial charge < -0.3 is 9.47 Å². The summed E-state index contributed by atoms with van der Waals surface area (Å²) in [6.07, 6.45) is 2.16. The molecule has 0 aromatic heterocycles. The maximum atomic E-state index is 5.98. The molecule has 0 radical (unpaired) electrons. The first kappa shape index (κ1) is 11.2. The monoisotopic (exact) mass is 290 g/mol. The molecule has 0 atom stereocenters. The molecule has 0 spiro atoms. The van der Waals surface area contributed by atoms with Gasteiger partial charge in [0.2, 0.25) is 0 Å². The van der Waals surface area contributed by atoms with Gasteiger partial charge in [-0.3, -0.25) is 0 Å². The predicted octanol–water partition coefficient (Wildman–Crippen LogP) is 3.66. The zero-order valence-corrected chi connectivity index (χ0v) is 10.6. The average Bonchev–Trinajstić information content (AvgIpc) is 2.25. The maximum absolute atomic E-state index is 5.98. The van der Waals surface area contributed by atoms with Crippen LogP contribution in [0.3, 0.4) is 0 Å². The minimum Gasteiger partial charge on any atom is -0.490 e. The van der Waals surface area contributed by atoms with E-state index in [4.69, 9.17) is 21.1 Å². The molecule has 2 rings (SSSR count). The van der Waals surface area contributed by atoms with Gasteiger partial charge >= 0.3 is 0 Å². The smallest absolute Gasteiger partial charge is 0.121 e. The third kappa shape index (κ3) is 3.10. The van der Waals surface area contributed by atoms with E-state index in [1.165, 1.54) is 0 Å². The Morgan fingerprint density at radius 1 is 1.33 bits per heavy atom. The number of hydrogen-bond acceptors (Lipinski definition) is 2. The Bertz CT molecular complexity index is 337. The van der Waals surface area contributed by atoms with Crippen molar-refractivity contribution in [2.24, 2.45) is 0 Å². The fourth-order valence-corrected chi connectivity index (χ4v) is 1.95. The molecule has 0 bridgehead atoms. The molecule has 1 aliphatic heterocycles. The van der Waals surface area contributed by atoms with Crippen LogP contribution in [0.5, 0.6) is 5.75 Å². The Labute approximate surface area is 103 Å². The van der Waals surface area contributed by atoms with Gasteiger partial charge in [0, 0.05) is 17.3 Å². The molecular weight excluding hydrogens is 279 g/mol. The highest BCUT2D eigenvalue weighted by molar-refractivity contribution is 9.10. The summed E-state index contributed by atoms with van der Waals surface area (Å²) in [6.45, 7) is 1.57. The van der Waals surface area contributed by atoms with Crippen LogP contribution in [-0.2, 0) is 4.74 Å². The van der Waals surface area contributed by atoms with Crippen molar-refractivity contribution in [1.82, 2.24) is 0 Å². The van der Waals surface area contributed by atoms with E-state index in [0.29, 0.717) is 5.02 Å². The van der Waals surface area contributed by atoms with Crippen LogP contribution in [-0.4, -0.2) is 19.3 Å². The van der Waals surface area contributed by atoms with Gasteiger partial charge in [-0.25, -0.2) is 0 Å². The molecule has 0 amide bonds. The van der Waals surface area contributed by atoms with Crippen molar-refractivity contribution in [2.45, 2.75) is 18.9 Å². The largest absolute Gasteiger partial charge is 0.490 e. The van der Waals surface area contributed by atoms with Crippen LogP contribution >= 0.6 is 27.5 Å². The summed E-state index contributed by atoms with van der Waals surface area (Å²) in [6, 6.07) is 5.66. The molecule has 1 aromatic rings. The molecule has 15 heavy (non-hydrogen) atoms. The number of halogens is 2. The number of ether oxygens (including phenoxy) is 2. The Morgan fingerprint density at radius 3 is 2.73 bits per heavy atom. The Hall–Kier alpha value is -0.250. The van der Waals surface area contributed by atoms with Gasteiger partial charge in [-0.1, -0.05) is 11.6 Å². The van der Waals surface area contributed by atoms with Gasteiger partial charge in [0.05, 0.1) is 18.2 Å². The van der Waals surface area contributed by atoms with Crippen molar-refractivity contribution in [3.05, 3.63) is 27.7 Å². The highest BCUT2D eigenvalue weighted by Crippen LogP contribution is 2.28. The number of benzene rings is 1. The molecule has 0 N–H and O–H groups in total. The quantitative estimate of drug-likeness (QED) is 0.828. The first-order valence-electron chi connectivity index (χ1n) is 4.95. The van der Waals surface area contributed by atoms with E-state index in [1.807, 2.05) is 18.2 Å². The van der Waals surface area contributed by atoms with E-state index in [2.05, 4.69) is 15.9 Å². The van der Waals surface area contributed by atoms with E-state index in [1.54, 1.807) is 0 Å². The summed E-state index contributed by atoms with van der Waals surface area (Å²) in [7, 11) is 0. The molecular formula is C11H12BrClO2. The molecule has 1 fully saturated rings. The van der Waals surface area contributed by atoms with Gasteiger partial charge in [0.15, 0.2) is 0 Å². The SMILES string of the molecule is Clc1cc(OC2CCOCC2)ccc1Br. The van der Waals surface area contributed by atoms with Gasteiger partial charge in [-0.15, -0.1) is 0 Å². The molecule has 0 unspecified atom stereocenters. The number of rotatable bonds is 2. The highest BCUT2D eigenvalue weighted by Gasteiger charge is 2.15. The summed E-state index contributed by atoms with van der Waals surface area (Å²) < 4.78 is 12.0.